The first-order valence-electron chi connectivity index (χ1n) is 8.87. The summed E-state index contributed by atoms with van der Waals surface area (Å²) in [4.78, 5) is 7.24. The van der Waals surface area contributed by atoms with E-state index in [-0.39, 0.29) is 5.82 Å². The largest absolute Gasteiger partial charge is 0.486 e. The van der Waals surface area contributed by atoms with Gasteiger partial charge in [-0.05, 0) is 48.5 Å². The number of nitrogens with zero attached hydrogens (tertiary/aromatic N) is 3. The van der Waals surface area contributed by atoms with Gasteiger partial charge in [0.25, 0.3) is 5.89 Å². The summed E-state index contributed by atoms with van der Waals surface area (Å²) in [6.07, 6.45) is 0. The van der Waals surface area contributed by atoms with Gasteiger partial charge in [0.05, 0.1) is 13.2 Å². The van der Waals surface area contributed by atoms with Crippen LogP contribution < -0.4 is 4.74 Å². The number of thiocarbonyl (C=S) groups is 1. The highest BCUT2D eigenvalue weighted by Gasteiger charge is 2.14. The number of rotatable bonds is 5. The van der Waals surface area contributed by atoms with Gasteiger partial charge in [0, 0.05) is 24.2 Å². The molecule has 0 atom stereocenters. The van der Waals surface area contributed by atoms with Crippen molar-refractivity contribution in [1.82, 2.24) is 15.0 Å². The summed E-state index contributed by atoms with van der Waals surface area (Å²) in [6, 6.07) is 13.3. The van der Waals surface area contributed by atoms with E-state index in [2.05, 4.69) is 15.0 Å². The topological polar surface area (TPSA) is 60.6 Å². The van der Waals surface area contributed by atoms with E-state index in [1.54, 1.807) is 12.1 Å². The number of ether oxygens (including phenoxy) is 2. The van der Waals surface area contributed by atoms with Crippen LogP contribution in [0.4, 0.5) is 4.39 Å². The summed E-state index contributed by atoms with van der Waals surface area (Å²) >= 11 is 5.42. The zero-order valence-electron chi connectivity index (χ0n) is 15.0. The molecule has 0 bridgehead atoms. The van der Waals surface area contributed by atoms with Gasteiger partial charge in [0.15, 0.2) is 0 Å². The van der Waals surface area contributed by atoms with Crippen molar-refractivity contribution in [2.75, 3.05) is 32.9 Å². The number of aromatic nitrogens is 2. The van der Waals surface area contributed by atoms with Gasteiger partial charge in [-0.15, -0.1) is 0 Å². The number of morpholine rings is 1. The van der Waals surface area contributed by atoms with E-state index in [4.69, 9.17) is 26.2 Å². The highest BCUT2D eigenvalue weighted by Crippen LogP contribution is 2.24. The highest BCUT2D eigenvalue weighted by molar-refractivity contribution is 7.80. The fourth-order valence-corrected chi connectivity index (χ4v) is 3.04. The maximum absolute atomic E-state index is 13.0. The lowest BCUT2D eigenvalue weighted by atomic mass is 10.2. The molecule has 144 valence electrons. The quantitative estimate of drug-likeness (QED) is 0.608. The summed E-state index contributed by atoms with van der Waals surface area (Å²) in [6.45, 7) is 3.34. The van der Waals surface area contributed by atoms with Crippen LogP contribution >= 0.6 is 12.2 Å². The lowest BCUT2D eigenvalue weighted by Gasteiger charge is -2.28. The van der Waals surface area contributed by atoms with E-state index in [1.807, 2.05) is 24.3 Å². The van der Waals surface area contributed by atoms with Gasteiger partial charge in [-0.25, -0.2) is 4.39 Å². The van der Waals surface area contributed by atoms with Crippen LogP contribution in [-0.2, 0) is 4.74 Å². The molecule has 8 heteroatoms. The molecule has 0 unspecified atom stereocenters. The van der Waals surface area contributed by atoms with Crippen LogP contribution in [0, 0.1) is 5.82 Å². The maximum atomic E-state index is 13.0. The predicted molar refractivity (Wildman–Crippen MR) is 106 cm³/mol. The third kappa shape index (κ3) is 4.35. The van der Waals surface area contributed by atoms with E-state index < -0.39 is 0 Å². The van der Waals surface area contributed by atoms with Crippen molar-refractivity contribution in [3.8, 4) is 28.6 Å². The Morgan fingerprint density at radius 1 is 1.04 bits per heavy atom. The molecule has 0 saturated carbocycles. The number of benzene rings is 2. The molecule has 4 rings (SSSR count). The molecule has 1 aliphatic heterocycles. The first kappa shape index (κ1) is 18.5. The minimum atomic E-state index is -0.309. The molecule has 1 saturated heterocycles. The van der Waals surface area contributed by atoms with Crippen LogP contribution in [0.25, 0.3) is 22.8 Å². The monoisotopic (exact) mass is 399 g/mol. The summed E-state index contributed by atoms with van der Waals surface area (Å²) in [7, 11) is 0. The van der Waals surface area contributed by atoms with Crippen molar-refractivity contribution in [3.63, 3.8) is 0 Å². The van der Waals surface area contributed by atoms with E-state index in [0.717, 1.165) is 23.6 Å². The smallest absolute Gasteiger partial charge is 0.258 e. The van der Waals surface area contributed by atoms with E-state index in [1.165, 1.54) is 12.1 Å². The zero-order chi connectivity index (χ0) is 19.3. The molecule has 2 heterocycles. The van der Waals surface area contributed by atoms with Crippen molar-refractivity contribution in [2.24, 2.45) is 0 Å². The molecule has 3 aromatic rings. The predicted octanol–water partition coefficient (Wildman–Crippen LogP) is 3.58. The zero-order valence-corrected chi connectivity index (χ0v) is 15.8. The van der Waals surface area contributed by atoms with Crippen LogP contribution in [0.5, 0.6) is 5.75 Å². The van der Waals surface area contributed by atoms with Crippen LogP contribution in [-0.4, -0.2) is 52.9 Å². The van der Waals surface area contributed by atoms with E-state index >= 15 is 0 Å². The van der Waals surface area contributed by atoms with Gasteiger partial charge in [-0.1, -0.05) is 17.4 Å². The molecule has 0 aliphatic carbocycles. The molecule has 6 nitrogen and oxygen atoms in total. The standard InChI is InChI=1S/C20H18FN3O3S/c21-16-5-1-14(2-6-16)19-22-20(27-23-19)15-3-7-17(8-4-15)26-13-18(28)24-9-11-25-12-10-24/h1-8H,9-13H2. The second kappa shape index (κ2) is 8.45. The Bertz CT molecular complexity index is 938. The number of halogens is 1. The van der Waals surface area contributed by atoms with Gasteiger partial charge in [0.1, 0.15) is 23.2 Å². The van der Waals surface area contributed by atoms with Gasteiger partial charge >= 0.3 is 0 Å². The van der Waals surface area contributed by atoms with Crippen molar-refractivity contribution >= 4 is 17.2 Å². The average Bonchev–Trinajstić information content (AvgIpc) is 3.24. The Morgan fingerprint density at radius 3 is 2.43 bits per heavy atom. The van der Waals surface area contributed by atoms with Crippen LogP contribution in [0.3, 0.4) is 0 Å². The Hall–Kier alpha value is -2.84. The first-order valence-corrected chi connectivity index (χ1v) is 9.28. The highest BCUT2D eigenvalue weighted by atomic mass is 32.1. The molecule has 0 N–H and O–H groups in total. The number of hydrogen-bond donors (Lipinski definition) is 0. The average molecular weight is 399 g/mol. The molecular formula is C20H18FN3O3S. The first-order chi connectivity index (χ1) is 13.7. The van der Waals surface area contributed by atoms with Crippen molar-refractivity contribution < 1.29 is 18.4 Å². The molecule has 1 aromatic heterocycles. The third-order valence-corrected chi connectivity index (χ3v) is 4.73. The lowest BCUT2D eigenvalue weighted by Crippen LogP contribution is -2.42. The van der Waals surface area contributed by atoms with Crippen molar-refractivity contribution in [1.29, 1.82) is 0 Å². The molecule has 0 amide bonds. The number of hydrogen-bond acceptors (Lipinski definition) is 6. The SMILES string of the molecule is Fc1ccc(-c2noc(-c3ccc(OCC(=S)N4CCOCC4)cc3)n2)cc1. The summed E-state index contributed by atoms with van der Waals surface area (Å²) in [5, 5.41) is 3.95. The van der Waals surface area contributed by atoms with Crippen LogP contribution in [0.1, 0.15) is 0 Å². The fraction of sp³-hybridized carbons (Fsp3) is 0.250. The minimum Gasteiger partial charge on any atom is -0.486 e. The maximum Gasteiger partial charge on any atom is 0.258 e. The molecule has 0 radical (unpaired) electrons. The Balaban J connectivity index is 1.38. The fourth-order valence-electron chi connectivity index (χ4n) is 2.80. The Kier molecular flexibility index (Phi) is 5.59. The second-order valence-electron chi connectivity index (χ2n) is 6.24. The summed E-state index contributed by atoms with van der Waals surface area (Å²) in [5.74, 6) is 1.19. The summed E-state index contributed by atoms with van der Waals surface area (Å²) < 4.78 is 29.5. The Labute approximate surface area is 166 Å². The van der Waals surface area contributed by atoms with Gasteiger partial charge in [-0.2, -0.15) is 4.98 Å². The molecule has 1 aliphatic rings. The lowest BCUT2D eigenvalue weighted by molar-refractivity contribution is 0.0672. The van der Waals surface area contributed by atoms with Crippen molar-refractivity contribution in [3.05, 3.63) is 54.3 Å². The molecule has 2 aromatic carbocycles. The molecule has 1 fully saturated rings. The normalized spacial score (nSPS) is 14.1. The van der Waals surface area contributed by atoms with Gasteiger partial charge < -0.3 is 18.9 Å². The molecular weight excluding hydrogens is 381 g/mol. The van der Waals surface area contributed by atoms with Crippen LogP contribution in [0.15, 0.2) is 53.1 Å². The van der Waals surface area contributed by atoms with E-state index in [0.29, 0.717) is 42.8 Å². The van der Waals surface area contributed by atoms with Gasteiger partial charge in [0.2, 0.25) is 5.82 Å². The van der Waals surface area contributed by atoms with Gasteiger partial charge in [-0.3, -0.25) is 0 Å². The minimum absolute atomic E-state index is 0.309. The Morgan fingerprint density at radius 2 is 1.71 bits per heavy atom. The summed E-state index contributed by atoms with van der Waals surface area (Å²) in [5.41, 5.74) is 1.46. The second-order valence-corrected chi connectivity index (χ2v) is 6.71. The third-order valence-electron chi connectivity index (χ3n) is 4.36. The van der Waals surface area contributed by atoms with Crippen LogP contribution in [0.2, 0.25) is 0 Å². The van der Waals surface area contributed by atoms with E-state index in [9.17, 15) is 4.39 Å². The van der Waals surface area contributed by atoms with Crippen molar-refractivity contribution in [2.45, 2.75) is 0 Å². The molecule has 0 spiro atoms. The molecule has 28 heavy (non-hydrogen) atoms.